The van der Waals surface area contributed by atoms with Crippen LogP contribution in [0.5, 0.6) is 0 Å². The van der Waals surface area contributed by atoms with Crippen molar-refractivity contribution < 1.29 is 0 Å². The lowest BCUT2D eigenvalue weighted by atomic mass is 10.0. The van der Waals surface area contributed by atoms with Gasteiger partial charge in [-0.05, 0) is 42.7 Å². The van der Waals surface area contributed by atoms with Gasteiger partial charge in [-0.3, -0.25) is 0 Å². The molecule has 0 aliphatic rings. The summed E-state index contributed by atoms with van der Waals surface area (Å²) in [6, 6.07) is 12.4. The summed E-state index contributed by atoms with van der Waals surface area (Å²) in [5, 5.41) is 13.4. The van der Waals surface area contributed by atoms with Crippen molar-refractivity contribution in [2.24, 2.45) is 7.05 Å². The molecule has 1 N–H and O–H groups in total. The second-order valence-corrected chi connectivity index (χ2v) is 5.64. The van der Waals surface area contributed by atoms with E-state index in [-0.39, 0.29) is 6.04 Å². The molecule has 0 saturated heterocycles. The molecule has 0 saturated carbocycles. The van der Waals surface area contributed by atoms with Gasteiger partial charge < -0.3 is 9.88 Å². The highest BCUT2D eigenvalue weighted by Crippen LogP contribution is 2.21. The normalized spacial score (nSPS) is 12.1. The summed E-state index contributed by atoms with van der Waals surface area (Å²) in [5.74, 6) is 0. The molecule has 3 nitrogen and oxygen atoms in total. The van der Waals surface area contributed by atoms with Gasteiger partial charge in [-0.2, -0.15) is 5.26 Å². The SMILES string of the molecule is CCC(NCc1cc(C#N)n(C)c1C)c1cccc(Cl)c1. The Bertz CT molecular complexity index is 667. The minimum absolute atomic E-state index is 0.258. The number of aromatic nitrogens is 1. The summed E-state index contributed by atoms with van der Waals surface area (Å²) in [6.45, 7) is 4.93. The molecule has 1 heterocycles. The molecule has 21 heavy (non-hydrogen) atoms. The molecule has 4 heteroatoms. The first-order valence-corrected chi connectivity index (χ1v) is 7.48. The molecule has 2 rings (SSSR count). The van der Waals surface area contributed by atoms with Gasteiger partial charge in [0.2, 0.25) is 0 Å². The number of hydrogen-bond acceptors (Lipinski definition) is 2. The van der Waals surface area contributed by atoms with E-state index in [1.165, 1.54) is 5.56 Å². The molecule has 110 valence electrons. The smallest absolute Gasteiger partial charge is 0.120 e. The third kappa shape index (κ3) is 3.47. The minimum Gasteiger partial charge on any atom is -0.340 e. The van der Waals surface area contributed by atoms with Gasteiger partial charge in [0.05, 0.1) is 0 Å². The predicted molar refractivity (Wildman–Crippen MR) is 86.2 cm³/mol. The molecule has 2 aromatic rings. The van der Waals surface area contributed by atoms with Crippen LogP contribution < -0.4 is 5.32 Å². The van der Waals surface area contributed by atoms with Crippen LogP contribution in [0, 0.1) is 18.3 Å². The summed E-state index contributed by atoms with van der Waals surface area (Å²) >= 11 is 6.06. The van der Waals surface area contributed by atoms with Gasteiger partial charge in [0, 0.05) is 30.4 Å². The van der Waals surface area contributed by atoms with Gasteiger partial charge in [0.15, 0.2) is 0 Å². The summed E-state index contributed by atoms with van der Waals surface area (Å²) in [6.07, 6.45) is 0.983. The number of nitrogens with one attached hydrogen (secondary N) is 1. The monoisotopic (exact) mass is 301 g/mol. The van der Waals surface area contributed by atoms with Crippen molar-refractivity contribution >= 4 is 11.6 Å². The lowest BCUT2D eigenvalue weighted by molar-refractivity contribution is 0.518. The number of rotatable bonds is 5. The molecule has 0 aliphatic heterocycles. The van der Waals surface area contributed by atoms with E-state index >= 15 is 0 Å². The Hall–Kier alpha value is -1.76. The van der Waals surface area contributed by atoms with Crippen LogP contribution in [-0.2, 0) is 13.6 Å². The Balaban J connectivity index is 2.13. The van der Waals surface area contributed by atoms with E-state index in [4.69, 9.17) is 16.9 Å². The van der Waals surface area contributed by atoms with Gasteiger partial charge in [0.25, 0.3) is 0 Å². The first kappa shape index (κ1) is 15.6. The van der Waals surface area contributed by atoms with Crippen molar-refractivity contribution in [3.05, 3.63) is 57.9 Å². The van der Waals surface area contributed by atoms with Crippen molar-refractivity contribution in [1.82, 2.24) is 9.88 Å². The number of hydrogen-bond donors (Lipinski definition) is 1. The van der Waals surface area contributed by atoms with Crippen LogP contribution in [-0.4, -0.2) is 4.57 Å². The lowest BCUT2D eigenvalue weighted by Crippen LogP contribution is -2.20. The molecular formula is C17H20ClN3. The fourth-order valence-corrected chi connectivity index (χ4v) is 2.70. The standard InChI is InChI=1S/C17H20ClN3/c1-4-17(13-6-5-7-15(18)8-13)20-11-14-9-16(10-19)21(3)12(14)2/h5-9,17,20H,4,11H2,1-3H3. The maximum Gasteiger partial charge on any atom is 0.120 e. The van der Waals surface area contributed by atoms with Gasteiger partial charge in [-0.15, -0.1) is 0 Å². The van der Waals surface area contributed by atoms with Crippen molar-refractivity contribution in [3.8, 4) is 6.07 Å². The lowest BCUT2D eigenvalue weighted by Gasteiger charge is -2.18. The van der Waals surface area contributed by atoms with Gasteiger partial charge in [0.1, 0.15) is 11.8 Å². The van der Waals surface area contributed by atoms with E-state index < -0.39 is 0 Å². The Kier molecular flexibility index (Phi) is 5.06. The van der Waals surface area contributed by atoms with E-state index in [1.54, 1.807) is 0 Å². The van der Waals surface area contributed by atoms with E-state index in [9.17, 15) is 0 Å². The van der Waals surface area contributed by atoms with Crippen LogP contribution in [0.3, 0.4) is 0 Å². The fourth-order valence-electron chi connectivity index (χ4n) is 2.50. The highest BCUT2D eigenvalue weighted by Gasteiger charge is 2.12. The topological polar surface area (TPSA) is 40.8 Å². The summed E-state index contributed by atoms with van der Waals surface area (Å²) < 4.78 is 1.93. The maximum atomic E-state index is 9.08. The molecule has 0 amide bonds. The predicted octanol–water partition coefficient (Wildman–Crippen LogP) is 4.10. The van der Waals surface area contributed by atoms with Crippen molar-refractivity contribution in [1.29, 1.82) is 5.26 Å². The number of nitrogens with zero attached hydrogens (tertiary/aromatic N) is 2. The summed E-state index contributed by atoms with van der Waals surface area (Å²) in [7, 11) is 1.92. The quantitative estimate of drug-likeness (QED) is 0.903. The molecule has 0 aliphatic carbocycles. The zero-order valence-corrected chi connectivity index (χ0v) is 13.4. The van der Waals surface area contributed by atoms with Crippen molar-refractivity contribution in [2.75, 3.05) is 0 Å². The average molecular weight is 302 g/mol. The fraction of sp³-hybridized carbons (Fsp3) is 0.353. The molecule has 0 radical (unpaired) electrons. The number of halogens is 1. The zero-order valence-electron chi connectivity index (χ0n) is 12.7. The summed E-state index contributed by atoms with van der Waals surface area (Å²) in [4.78, 5) is 0. The Morgan fingerprint density at radius 3 is 2.71 bits per heavy atom. The van der Waals surface area contributed by atoms with E-state index in [1.807, 2.05) is 42.8 Å². The average Bonchev–Trinajstić information content (AvgIpc) is 2.76. The first-order chi connectivity index (χ1) is 10.1. The minimum atomic E-state index is 0.258. The third-order valence-electron chi connectivity index (χ3n) is 3.95. The Labute approximate surface area is 131 Å². The zero-order chi connectivity index (χ0) is 15.4. The molecule has 1 aromatic heterocycles. The first-order valence-electron chi connectivity index (χ1n) is 7.11. The van der Waals surface area contributed by atoms with Crippen molar-refractivity contribution in [2.45, 2.75) is 32.9 Å². The van der Waals surface area contributed by atoms with E-state index in [2.05, 4.69) is 24.4 Å². The van der Waals surface area contributed by atoms with Crippen LogP contribution >= 0.6 is 11.6 Å². The van der Waals surface area contributed by atoms with Crippen LogP contribution in [0.15, 0.2) is 30.3 Å². The second kappa shape index (κ2) is 6.80. The number of benzene rings is 1. The Morgan fingerprint density at radius 2 is 2.14 bits per heavy atom. The molecule has 0 fully saturated rings. The van der Waals surface area contributed by atoms with Gasteiger partial charge in [-0.1, -0.05) is 30.7 Å². The maximum absolute atomic E-state index is 9.08. The second-order valence-electron chi connectivity index (χ2n) is 5.21. The highest BCUT2D eigenvalue weighted by atomic mass is 35.5. The van der Waals surface area contributed by atoms with Gasteiger partial charge >= 0.3 is 0 Å². The number of nitriles is 1. The van der Waals surface area contributed by atoms with Crippen LogP contribution in [0.1, 0.15) is 41.9 Å². The summed E-state index contributed by atoms with van der Waals surface area (Å²) in [5.41, 5.74) is 4.17. The highest BCUT2D eigenvalue weighted by molar-refractivity contribution is 6.30. The molecule has 1 unspecified atom stereocenters. The van der Waals surface area contributed by atoms with E-state index in [0.29, 0.717) is 5.69 Å². The van der Waals surface area contributed by atoms with Crippen LogP contribution in [0.25, 0.3) is 0 Å². The van der Waals surface area contributed by atoms with Crippen LogP contribution in [0.4, 0.5) is 0 Å². The van der Waals surface area contributed by atoms with Crippen molar-refractivity contribution in [3.63, 3.8) is 0 Å². The molecule has 0 bridgehead atoms. The van der Waals surface area contributed by atoms with Gasteiger partial charge in [-0.25, -0.2) is 0 Å². The van der Waals surface area contributed by atoms with Crippen LogP contribution in [0.2, 0.25) is 5.02 Å². The molecule has 0 spiro atoms. The third-order valence-corrected chi connectivity index (χ3v) is 4.19. The largest absolute Gasteiger partial charge is 0.340 e. The Morgan fingerprint density at radius 1 is 1.38 bits per heavy atom. The van der Waals surface area contributed by atoms with E-state index in [0.717, 1.165) is 29.2 Å². The molecular weight excluding hydrogens is 282 g/mol. The molecule has 1 atom stereocenters. The molecule has 1 aromatic carbocycles.